The number of benzene rings is 2. The molecule has 0 spiro atoms. The molecule has 3 aromatic rings. The fourth-order valence-corrected chi connectivity index (χ4v) is 2.77. The molecule has 3 rings (SSSR count). The number of phenols is 1. The molecule has 0 saturated carbocycles. The maximum atomic E-state index is 10.9. The van der Waals surface area contributed by atoms with Crippen molar-refractivity contribution in [2.75, 3.05) is 6.61 Å². The maximum Gasteiger partial charge on any atom is 0.335 e. The highest BCUT2D eigenvalue weighted by molar-refractivity contribution is 5.88. The Hall–Kier alpha value is -3.58. The van der Waals surface area contributed by atoms with Crippen LogP contribution in [0.4, 0.5) is 0 Å². The summed E-state index contributed by atoms with van der Waals surface area (Å²) < 4.78 is 11.2. The van der Waals surface area contributed by atoms with E-state index >= 15 is 0 Å². The molecule has 2 aromatic carbocycles. The highest BCUT2D eigenvalue weighted by Crippen LogP contribution is 2.29. The van der Waals surface area contributed by atoms with Crippen molar-refractivity contribution >= 4 is 5.97 Å². The van der Waals surface area contributed by atoms with E-state index in [-0.39, 0.29) is 29.6 Å². The molecule has 156 valence electrons. The van der Waals surface area contributed by atoms with E-state index in [2.05, 4.69) is 4.98 Å². The third-order valence-electron chi connectivity index (χ3n) is 4.56. The van der Waals surface area contributed by atoms with E-state index in [0.29, 0.717) is 18.1 Å². The number of aromatic carboxylic acids is 1. The van der Waals surface area contributed by atoms with Crippen LogP contribution in [0.1, 0.15) is 34.6 Å². The number of pyridine rings is 1. The van der Waals surface area contributed by atoms with Crippen molar-refractivity contribution in [3.05, 3.63) is 83.7 Å². The van der Waals surface area contributed by atoms with Crippen molar-refractivity contribution < 1.29 is 29.6 Å². The maximum absolute atomic E-state index is 10.9. The Morgan fingerprint density at radius 1 is 1.07 bits per heavy atom. The lowest BCUT2D eigenvalue weighted by molar-refractivity contribution is 0.0696. The first-order valence-corrected chi connectivity index (χ1v) is 9.44. The standard InChI is InChI=1S/C23H23NO6/c1-15(13-30-21-10-7-17(23(27)28)11-20(21)25)22(26)19-9-8-18(12-24-19)29-14-16-5-3-2-4-6-16/h2-12,15,22,25-26H,13-14H2,1H3,(H,27,28). The van der Waals surface area contributed by atoms with E-state index in [1.54, 1.807) is 25.3 Å². The minimum atomic E-state index is -1.14. The third-order valence-corrected chi connectivity index (χ3v) is 4.56. The summed E-state index contributed by atoms with van der Waals surface area (Å²) in [5.74, 6) is -0.983. The molecule has 7 nitrogen and oxygen atoms in total. The molecule has 2 unspecified atom stereocenters. The molecule has 0 aliphatic carbocycles. The van der Waals surface area contributed by atoms with Gasteiger partial charge in [-0.3, -0.25) is 4.98 Å². The normalized spacial score (nSPS) is 12.7. The molecular weight excluding hydrogens is 386 g/mol. The van der Waals surface area contributed by atoms with E-state index in [0.717, 1.165) is 11.6 Å². The van der Waals surface area contributed by atoms with E-state index in [1.165, 1.54) is 12.1 Å². The number of aliphatic hydroxyl groups excluding tert-OH is 1. The zero-order valence-corrected chi connectivity index (χ0v) is 16.4. The quantitative estimate of drug-likeness (QED) is 0.493. The van der Waals surface area contributed by atoms with E-state index in [9.17, 15) is 15.0 Å². The van der Waals surface area contributed by atoms with Crippen molar-refractivity contribution in [3.63, 3.8) is 0 Å². The minimum absolute atomic E-state index is 0.0355. The number of carboxylic acids is 1. The lowest BCUT2D eigenvalue weighted by Gasteiger charge is -2.19. The van der Waals surface area contributed by atoms with Crippen LogP contribution in [0.2, 0.25) is 0 Å². The van der Waals surface area contributed by atoms with Gasteiger partial charge in [0.15, 0.2) is 11.5 Å². The second-order valence-corrected chi connectivity index (χ2v) is 6.91. The molecule has 0 saturated heterocycles. The molecule has 30 heavy (non-hydrogen) atoms. The number of aromatic hydroxyl groups is 1. The number of carboxylic acid groups (broad SMARTS) is 1. The number of aliphatic hydroxyl groups is 1. The third kappa shape index (κ3) is 5.48. The van der Waals surface area contributed by atoms with E-state index < -0.39 is 12.1 Å². The summed E-state index contributed by atoms with van der Waals surface area (Å²) in [5, 5.41) is 29.4. The van der Waals surface area contributed by atoms with Gasteiger partial charge >= 0.3 is 5.97 Å². The summed E-state index contributed by atoms with van der Waals surface area (Å²) in [7, 11) is 0. The predicted octanol–water partition coefficient (Wildman–Crippen LogP) is 3.81. The van der Waals surface area contributed by atoms with Gasteiger partial charge in [-0.05, 0) is 35.9 Å². The van der Waals surface area contributed by atoms with Gasteiger partial charge in [-0.2, -0.15) is 0 Å². The molecule has 1 heterocycles. The lowest BCUT2D eigenvalue weighted by atomic mass is 10.0. The van der Waals surface area contributed by atoms with Gasteiger partial charge in [0.05, 0.1) is 24.1 Å². The van der Waals surface area contributed by atoms with Crippen molar-refractivity contribution in [2.24, 2.45) is 5.92 Å². The Labute approximate surface area is 174 Å². The fourth-order valence-electron chi connectivity index (χ4n) is 2.77. The van der Waals surface area contributed by atoms with Crippen molar-refractivity contribution in [3.8, 4) is 17.2 Å². The molecule has 0 fully saturated rings. The topological polar surface area (TPSA) is 109 Å². The van der Waals surface area contributed by atoms with Gasteiger partial charge in [0, 0.05) is 5.92 Å². The molecule has 2 atom stereocenters. The number of hydrogen-bond donors (Lipinski definition) is 3. The average molecular weight is 409 g/mol. The molecule has 0 amide bonds. The lowest BCUT2D eigenvalue weighted by Crippen LogP contribution is -2.18. The minimum Gasteiger partial charge on any atom is -0.504 e. The van der Waals surface area contributed by atoms with Gasteiger partial charge < -0.3 is 24.8 Å². The molecule has 1 aromatic heterocycles. The zero-order valence-electron chi connectivity index (χ0n) is 16.4. The smallest absolute Gasteiger partial charge is 0.335 e. The second kappa shape index (κ2) is 9.76. The van der Waals surface area contributed by atoms with Gasteiger partial charge in [0.1, 0.15) is 18.5 Å². The van der Waals surface area contributed by atoms with Crippen LogP contribution in [0, 0.1) is 5.92 Å². The first kappa shape index (κ1) is 21.1. The summed E-state index contributed by atoms with van der Waals surface area (Å²) in [6, 6.07) is 17.1. The van der Waals surface area contributed by atoms with E-state index in [1.807, 2.05) is 30.3 Å². The van der Waals surface area contributed by atoms with Crippen LogP contribution in [0.15, 0.2) is 66.9 Å². The summed E-state index contributed by atoms with van der Waals surface area (Å²) in [6.07, 6.45) is 0.680. The monoisotopic (exact) mass is 409 g/mol. The Morgan fingerprint density at radius 3 is 2.47 bits per heavy atom. The number of hydrogen-bond acceptors (Lipinski definition) is 6. The SMILES string of the molecule is CC(COc1ccc(C(=O)O)cc1O)C(O)c1ccc(OCc2ccccc2)cn1. The first-order valence-electron chi connectivity index (χ1n) is 9.44. The largest absolute Gasteiger partial charge is 0.504 e. The van der Waals surface area contributed by atoms with Gasteiger partial charge in [-0.1, -0.05) is 37.3 Å². The van der Waals surface area contributed by atoms with Crippen molar-refractivity contribution in [2.45, 2.75) is 19.6 Å². The van der Waals surface area contributed by atoms with Crippen LogP contribution < -0.4 is 9.47 Å². The van der Waals surface area contributed by atoms with E-state index in [4.69, 9.17) is 14.6 Å². The summed E-state index contributed by atoms with van der Waals surface area (Å²) in [6.45, 7) is 2.32. The Bertz CT molecular complexity index is 975. The fraction of sp³-hybridized carbons (Fsp3) is 0.217. The van der Waals surface area contributed by atoms with Gasteiger partial charge in [0.25, 0.3) is 0 Å². The van der Waals surface area contributed by atoms with Crippen LogP contribution in [0.25, 0.3) is 0 Å². The van der Waals surface area contributed by atoms with Crippen LogP contribution in [0.5, 0.6) is 17.2 Å². The second-order valence-electron chi connectivity index (χ2n) is 6.91. The summed E-state index contributed by atoms with van der Waals surface area (Å²) in [4.78, 5) is 15.2. The number of phenolic OH excluding ortho intramolecular Hbond substituents is 1. The van der Waals surface area contributed by atoms with Gasteiger partial charge in [-0.25, -0.2) is 4.79 Å². The average Bonchev–Trinajstić information content (AvgIpc) is 2.77. The van der Waals surface area contributed by atoms with Crippen LogP contribution in [-0.2, 0) is 6.61 Å². The van der Waals surface area contributed by atoms with Gasteiger partial charge in [-0.15, -0.1) is 0 Å². The summed E-state index contributed by atoms with van der Waals surface area (Å²) in [5.41, 5.74) is 1.49. The predicted molar refractivity (Wildman–Crippen MR) is 110 cm³/mol. The molecular formula is C23H23NO6. The number of nitrogens with zero attached hydrogens (tertiary/aromatic N) is 1. The molecule has 3 N–H and O–H groups in total. The number of rotatable bonds is 9. The Kier molecular flexibility index (Phi) is 6.87. The summed E-state index contributed by atoms with van der Waals surface area (Å²) >= 11 is 0. The van der Waals surface area contributed by atoms with Crippen LogP contribution >= 0.6 is 0 Å². The highest BCUT2D eigenvalue weighted by atomic mass is 16.5. The first-order chi connectivity index (χ1) is 14.4. The number of ether oxygens (including phenoxy) is 2. The number of aromatic nitrogens is 1. The molecule has 0 aliphatic rings. The van der Waals surface area contributed by atoms with Crippen molar-refractivity contribution in [1.82, 2.24) is 4.98 Å². The Morgan fingerprint density at radius 2 is 1.83 bits per heavy atom. The van der Waals surface area contributed by atoms with Crippen LogP contribution in [-0.4, -0.2) is 32.9 Å². The zero-order chi connectivity index (χ0) is 21.5. The molecule has 0 radical (unpaired) electrons. The van der Waals surface area contributed by atoms with Crippen molar-refractivity contribution in [1.29, 1.82) is 0 Å². The molecule has 0 bridgehead atoms. The van der Waals surface area contributed by atoms with Crippen LogP contribution in [0.3, 0.4) is 0 Å². The Balaban J connectivity index is 1.54. The van der Waals surface area contributed by atoms with Gasteiger partial charge in [0.2, 0.25) is 0 Å². The molecule has 0 aliphatic heterocycles. The highest BCUT2D eigenvalue weighted by Gasteiger charge is 2.19. The molecule has 7 heteroatoms. The number of carbonyl (C=O) groups is 1.